The van der Waals surface area contributed by atoms with Crippen LogP contribution in [-0.4, -0.2) is 21.6 Å². The highest BCUT2D eigenvalue weighted by Crippen LogP contribution is 2.40. The first kappa shape index (κ1) is 11.8. The Hall–Kier alpha value is -0.650. The highest BCUT2D eigenvalue weighted by molar-refractivity contribution is 8.13. The fourth-order valence-electron chi connectivity index (χ4n) is 1.46. The van der Waals surface area contributed by atoms with Crippen LogP contribution in [0.15, 0.2) is 12.1 Å². The second kappa shape index (κ2) is 4.31. The first-order chi connectivity index (χ1) is 7.47. The SMILES string of the molecule is O=S(=O)(Cl)Cc1ccc(Cl)c2c1OCCO2. The van der Waals surface area contributed by atoms with Crippen LogP contribution >= 0.6 is 22.3 Å². The van der Waals surface area contributed by atoms with E-state index >= 15 is 0 Å². The van der Waals surface area contributed by atoms with Crippen molar-refractivity contribution in [1.82, 2.24) is 0 Å². The maximum absolute atomic E-state index is 11.0. The zero-order chi connectivity index (χ0) is 11.8. The van der Waals surface area contributed by atoms with Gasteiger partial charge < -0.3 is 9.47 Å². The summed E-state index contributed by atoms with van der Waals surface area (Å²) in [5.41, 5.74) is 0.453. The molecule has 0 saturated carbocycles. The molecule has 0 aromatic heterocycles. The topological polar surface area (TPSA) is 52.6 Å². The highest BCUT2D eigenvalue weighted by Gasteiger charge is 2.21. The Morgan fingerprint density at radius 2 is 1.81 bits per heavy atom. The number of benzene rings is 1. The minimum absolute atomic E-state index is 0.308. The molecule has 4 nitrogen and oxygen atoms in total. The zero-order valence-corrected chi connectivity index (χ0v) is 10.4. The van der Waals surface area contributed by atoms with E-state index in [1.165, 1.54) is 0 Å². The highest BCUT2D eigenvalue weighted by atomic mass is 35.7. The minimum atomic E-state index is -3.63. The first-order valence-corrected chi connectivity index (χ1v) is 7.32. The molecule has 7 heteroatoms. The van der Waals surface area contributed by atoms with Crippen molar-refractivity contribution in [3.05, 3.63) is 22.7 Å². The molecule has 0 spiro atoms. The Labute approximate surface area is 102 Å². The van der Waals surface area contributed by atoms with Crippen LogP contribution in [0.3, 0.4) is 0 Å². The molecule has 0 bridgehead atoms. The lowest BCUT2D eigenvalue weighted by Gasteiger charge is -2.21. The molecular formula is C9H8Cl2O4S. The van der Waals surface area contributed by atoms with E-state index in [0.717, 1.165) is 0 Å². The molecule has 1 aliphatic heterocycles. The summed E-state index contributed by atoms with van der Waals surface area (Å²) in [6.45, 7) is 0.756. The molecule has 1 aromatic rings. The molecular weight excluding hydrogens is 275 g/mol. The minimum Gasteiger partial charge on any atom is -0.486 e. The number of hydrogen-bond donors (Lipinski definition) is 0. The molecule has 1 aliphatic rings. The molecule has 0 amide bonds. The maximum Gasteiger partial charge on any atom is 0.236 e. The summed E-state index contributed by atoms with van der Waals surface area (Å²) in [6.07, 6.45) is 0. The summed E-state index contributed by atoms with van der Waals surface area (Å²) >= 11 is 5.90. The second-order valence-corrected chi connectivity index (χ2v) is 6.43. The predicted molar refractivity (Wildman–Crippen MR) is 60.9 cm³/mol. The largest absolute Gasteiger partial charge is 0.486 e. The van der Waals surface area contributed by atoms with Gasteiger partial charge in [-0.1, -0.05) is 17.7 Å². The summed E-state index contributed by atoms with van der Waals surface area (Å²) in [6, 6.07) is 3.13. The molecule has 0 saturated heterocycles. The van der Waals surface area contributed by atoms with E-state index < -0.39 is 9.05 Å². The van der Waals surface area contributed by atoms with Crippen molar-refractivity contribution < 1.29 is 17.9 Å². The van der Waals surface area contributed by atoms with Gasteiger partial charge in [-0.25, -0.2) is 8.42 Å². The van der Waals surface area contributed by atoms with E-state index in [1.807, 2.05) is 0 Å². The summed E-state index contributed by atoms with van der Waals surface area (Å²) in [5, 5.41) is 0.394. The van der Waals surface area contributed by atoms with Crippen LogP contribution in [0.2, 0.25) is 5.02 Å². The van der Waals surface area contributed by atoms with Crippen molar-refractivity contribution >= 4 is 31.3 Å². The van der Waals surface area contributed by atoms with Crippen LogP contribution in [-0.2, 0) is 14.8 Å². The van der Waals surface area contributed by atoms with Crippen molar-refractivity contribution in [2.75, 3.05) is 13.2 Å². The van der Waals surface area contributed by atoms with Gasteiger partial charge in [0, 0.05) is 16.2 Å². The normalized spacial score (nSPS) is 14.9. The zero-order valence-electron chi connectivity index (χ0n) is 8.07. The fourth-order valence-corrected chi connectivity index (χ4v) is 2.61. The van der Waals surface area contributed by atoms with E-state index in [1.54, 1.807) is 12.1 Å². The van der Waals surface area contributed by atoms with Crippen LogP contribution in [0.1, 0.15) is 5.56 Å². The van der Waals surface area contributed by atoms with Crippen LogP contribution in [0.5, 0.6) is 11.5 Å². The molecule has 0 fully saturated rings. The molecule has 0 unspecified atom stereocenters. The smallest absolute Gasteiger partial charge is 0.236 e. The van der Waals surface area contributed by atoms with E-state index in [9.17, 15) is 8.42 Å². The number of ether oxygens (including phenoxy) is 2. The van der Waals surface area contributed by atoms with Crippen molar-refractivity contribution in [3.63, 3.8) is 0 Å². The fraction of sp³-hybridized carbons (Fsp3) is 0.333. The average Bonchev–Trinajstić information content (AvgIpc) is 2.21. The second-order valence-electron chi connectivity index (χ2n) is 3.24. The van der Waals surface area contributed by atoms with Gasteiger partial charge in [0.1, 0.15) is 13.2 Å². The maximum atomic E-state index is 11.0. The lowest BCUT2D eigenvalue weighted by molar-refractivity contribution is 0.170. The van der Waals surface area contributed by atoms with Gasteiger partial charge in [-0.2, -0.15) is 0 Å². The lowest BCUT2D eigenvalue weighted by atomic mass is 10.2. The Morgan fingerprint density at radius 3 is 2.44 bits per heavy atom. The van der Waals surface area contributed by atoms with Crippen LogP contribution in [0.25, 0.3) is 0 Å². The number of fused-ring (bicyclic) bond motifs is 1. The van der Waals surface area contributed by atoms with Gasteiger partial charge in [-0.05, 0) is 6.07 Å². The van der Waals surface area contributed by atoms with Crippen LogP contribution < -0.4 is 9.47 Å². The molecule has 2 rings (SSSR count). The third-order valence-corrected chi connectivity index (χ3v) is 3.33. The Balaban J connectivity index is 2.47. The van der Waals surface area contributed by atoms with Gasteiger partial charge >= 0.3 is 0 Å². The third-order valence-electron chi connectivity index (χ3n) is 2.05. The van der Waals surface area contributed by atoms with Gasteiger partial charge in [0.05, 0.1) is 10.8 Å². The third kappa shape index (κ3) is 2.53. The standard InChI is InChI=1S/C9H8Cl2O4S/c10-7-2-1-6(5-16(11,12)13)8-9(7)15-4-3-14-8/h1-2H,3-5H2. The van der Waals surface area contributed by atoms with Crippen LogP contribution in [0.4, 0.5) is 0 Å². The van der Waals surface area contributed by atoms with Gasteiger partial charge in [-0.15, -0.1) is 0 Å². The summed E-state index contributed by atoms with van der Waals surface area (Å²) in [4.78, 5) is 0. The molecule has 88 valence electrons. The molecule has 16 heavy (non-hydrogen) atoms. The Bertz CT molecular complexity index is 512. The van der Waals surface area contributed by atoms with Crippen molar-refractivity contribution in [2.45, 2.75) is 5.75 Å². The van der Waals surface area contributed by atoms with Gasteiger partial charge in [-0.3, -0.25) is 0 Å². The molecule has 0 radical (unpaired) electrons. The van der Waals surface area contributed by atoms with E-state index in [0.29, 0.717) is 35.3 Å². The Morgan fingerprint density at radius 1 is 1.19 bits per heavy atom. The summed E-state index contributed by atoms with van der Waals surface area (Å²) < 4.78 is 32.7. The van der Waals surface area contributed by atoms with Crippen LogP contribution in [0, 0.1) is 0 Å². The van der Waals surface area contributed by atoms with Gasteiger partial charge in [0.25, 0.3) is 0 Å². The summed E-state index contributed by atoms with van der Waals surface area (Å²) in [5.74, 6) is 0.436. The molecule has 1 aromatic carbocycles. The van der Waals surface area contributed by atoms with Gasteiger partial charge in [0.2, 0.25) is 9.05 Å². The van der Waals surface area contributed by atoms with E-state index in [-0.39, 0.29) is 5.75 Å². The average molecular weight is 283 g/mol. The van der Waals surface area contributed by atoms with Gasteiger partial charge in [0.15, 0.2) is 11.5 Å². The number of hydrogen-bond acceptors (Lipinski definition) is 4. The lowest BCUT2D eigenvalue weighted by Crippen LogP contribution is -2.17. The quantitative estimate of drug-likeness (QED) is 0.781. The van der Waals surface area contributed by atoms with Crippen molar-refractivity contribution in [3.8, 4) is 11.5 Å². The monoisotopic (exact) mass is 282 g/mol. The molecule has 1 heterocycles. The number of halogens is 2. The molecule has 0 N–H and O–H groups in total. The summed E-state index contributed by atoms with van der Waals surface area (Å²) in [7, 11) is 1.56. The van der Waals surface area contributed by atoms with Crippen molar-refractivity contribution in [1.29, 1.82) is 0 Å². The van der Waals surface area contributed by atoms with E-state index in [2.05, 4.69) is 0 Å². The number of rotatable bonds is 2. The Kier molecular flexibility index (Phi) is 3.19. The molecule has 0 atom stereocenters. The van der Waals surface area contributed by atoms with E-state index in [4.69, 9.17) is 31.8 Å². The first-order valence-electron chi connectivity index (χ1n) is 4.47. The molecule has 0 aliphatic carbocycles. The van der Waals surface area contributed by atoms with Crippen molar-refractivity contribution in [2.24, 2.45) is 0 Å². The predicted octanol–water partition coefficient (Wildman–Crippen LogP) is 2.18.